The van der Waals surface area contributed by atoms with Gasteiger partial charge in [0.2, 0.25) is 5.75 Å². The van der Waals surface area contributed by atoms with Gasteiger partial charge in [0.15, 0.2) is 17.5 Å². The van der Waals surface area contributed by atoms with E-state index in [1.807, 2.05) is 0 Å². The van der Waals surface area contributed by atoms with Crippen molar-refractivity contribution in [2.45, 2.75) is 12.8 Å². The molecule has 1 aromatic rings. The quantitative estimate of drug-likeness (QED) is 0.300. The number of methoxy groups -OCH3 is 3. The van der Waals surface area contributed by atoms with E-state index in [1.165, 1.54) is 21.3 Å². The van der Waals surface area contributed by atoms with Crippen LogP contribution < -0.4 is 25.7 Å². The molecule has 0 aromatic heterocycles. The summed E-state index contributed by atoms with van der Waals surface area (Å²) in [6.07, 6.45) is 1.37. The Kier molecular flexibility index (Phi) is 7.52. The zero-order valence-corrected chi connectivity index (χ0v) is 13.6. The largest absolute Gasteiger partial charge is 0.493 e. The predicted octanol–water partition coefficient (Wildman–Crippen LogP) is 0.923. The lowest BCUT2D eigenvalue weighted by atomic mass is 10.1. The van der Waals surface area contributed by atoms with Crippen molar-refractivity contribution in [3.05, 3.63) is 17.7 Å². The maximum absolute atomic E-state index is 12.2. The molecule has 0 aliphatic heterocycles. The molecular weight excluding hydrogens is 302 g/mol. The molecule has 0 bridgehead atoms. The summed E-state index contributed by atoms with van der Waals surface area (Å²) in [4.78, 5) is 16.0. The Morgan fingerprint density at radius 2 is 1.74 bits per heavy atom. The summed E-state index contributed by atoms with van der Waals surface area (Å²) < 4.78 is 20.9. The van der Waals surface area contributed by atoms with Gasteiger partial charge in [0.25, 0.3) is 0 Å². The molecule has 0 fully saturated rings. The van der Waals surface area contributed by atoms with Gasteiger partial charge >= 0.3 is 5.97 Å². The highest BCUT2D eigenvalue weighted by atomic mass is 16.5. The number of hydrogen-bond donors (Lipinski definition) is 2. The number of nitrogens with zero attached hydrogens (tertiary/aromatic N) is 1. The lowest BCUT2D eigenvalue weighted by Crippen LogP contribution is -2.23. The van der Waals surface area contributed by atoms with Crippen molar-refractivity contribution >= 4 is 11.9 Å². The first-order chi connectivity index (χ1) is 11.0. The number of carbonyl (C=O) groups excluding carboxylic acids is 1. The molecule has 0 spiro atoms. The van der Waals surface area contributed by atoms with Crippen molar-refractivity contribution in [1.29, 1.82) is 0 Å². The van der Waals surface area contributed by atoms with Crippen LogP contribution in [-0.2, 0) is 4.74 Å². The third kappa shape index (κ3) is 5.24. The molecule has 1 aromatic carbocycles. The number of hydrogen-bond acceptors (Lipinski definition) is 6. The van der Waals surface area contributed by atoms with E-state index >= 15 is 0 Å². The van der Waals surface area contributed by atoms with Crippen LogP contribution in [0.2, 0.25) is 0 Å². The summed E-state index contributed by atoms with van der Waals surface area (Å²) in [5.41, 5.74) is 10.7. The lowest BCUT2D eigenvalue weighted by molar-refractivity contribution is 0.0494. The Hall–Kier alpha value is -2.64. The minimum Gasteiger partial charge on any atom is -0.493 e. The number of rotatable bonds is 9. The number of aliphatic imine (C=N–C) groups is 1. The zero-order valence-electron chi connectivity index (χ0n) is 13.6. The van der Waals surface area contributed by atoms with Crippen LogP contribution >= 0.6 is 0 Å². The van der Waals surface area contributed by atoms with E-state index in [0.717, 1.165) is 0 Å². The molecule has 0 radical (unpaired) electrons. The second kappa shape index (κ2) is 9.39. The lowest BCUT2D eigenvalue weighted by Gasteiger charge is -2.15. The van der Waals surface area contributed by atoms with E-state index < -0.39 is 5.97 Å². The van der Waals surface area contributed by atoms with Crippen LogP contribution in [0, 0.1) is 0 Å². The second-order valence-electron chi connectivity index (χ2n) is 4.53. The highest BCUT2D eigenvalue weighted by Crippen LogP contribution is 2.39. The van der Waals surface area contributed by atoms with Gasteiger partial charge in [-0.15, -0.1) is 0 Å². The molecular formula is C15H23N3O5. The first kappa shape index (κ1) is 18.4. The topological polar surface area (TPSA) is 118 Å². The molecule has 0 saturated heterocycles. The van der Waals surface area contributed by atoms with E-state index in [0.29, 0.717) is 30.9 Å². The summed E-state index contributed by atoms with van der Waals surface area (Å²) in [5, 5.41) is 0. The van der Waals surface area contributed by atoms with Gasteiger partial charge in [-0.1, -0.05) is 0 Å². The van der Waals surface area contributed by atoms with Crippen molar-refractivity contribution in [3.8, 4) is 17.2 Å². The average molecular weight is 325 g/mol. The molecule has 8 heteroatoms. The molecule has 0 heterocycles. The van der Waals surface area contributed by atoms with E-state index in [1.54, 1.807) is 12.1 Å². The summed E-state index contributed by atoms with van der Waals surface area (Å²) in [7, 11) is 4.42. The van der Waals surface area contributed by atoms with Crippen molar-refractivity contribution in [2.24, 2.45) is 16.5 Å². The van der Waals surface area contributed by atoms with Crippen LogP contribution in [-0.4, -0.2) is 46.4 Å². The maximum atomic E-state index is 12.2. The molecule has 4 N–H and O–H groups in total. The first-order valence-corrected chi connectivity index (χ1v) is 7.06. The molecule has 0 unspecified atom stereocenters. The molecule has 0 atom stereocenters. The van der Waals surface area contributed by atoms with Crippen molar-refractivity contribution < 1.29 is 23.7 Å². The maximum Gasteiger partial charge on any atom is 0.342 e. The molecule has 23 heavy (non-hydrogen) atoms. The van der Waals surface area contributed by atoms with E-state index in [-0.39, 0.29) is 23.9 Å². The van der Waals surface area contributed by atoms with Crippen LogP contribution in [0.25, 0.3) is 0 Å². The summed E-state index contributed by atoms with van der Waals surface area (Å²) in [6, 6.07) is 3.19. The highest BCUT2D eigenvalue weighted by Gasteiger charge is 2.21. The molecule has 0 amide bonds. The predicted molar refractivity (Wildman–Crippen MR) is 86.3 cm³/mol. The molecule has 8 nitrogen and oxygen atoms in total. The van der Waals surface area contributed by atoms with Gasteiger partial charge < -0.3 is 30.4 Å². The molecule has 0 aliphatic carbocycles. The first-order valence-electron chi connectivity index (χ1n) is 7.06. The van der Waals surface area contributed by atoms with Gasteiger partial charge in [-0.05, 0) is 25.0 Å². The summed E-state index contributed by atoms with van der Waals surface area (Å²) in [5.74, 6) is 0.648. The molecule has 0 aliphatic rings. The van der Waals surface area contributed by atoms with Crippen LogP contribution in [0.5, 0.6) is 17.2 Å². The van der Waals surface area contributed by atoms with E-state index in [4.69, 9.17) is 30.4 Å². The Bertz CT molecular complexity index is 556. The SMILES string of the molecule is COc1ccc(C(=O)OCCCCN=C(N)N)c(OC)c1OC. The average Bonchev–Trinajstić information content (AvgIpc) is 2.55. The van der Waals surface area contributed by atoms with Gasteiger partial charge in [-0.3, -0.25) is 4.99 Å². The number of benzene rings is 1. The minimum atomic E-state index is -0.496. The Balaban J connectivity index is 2.67. The number of esters is 1. The Labute approximate surface area is 135 Å². The smallest absolute Gasteiger partial charge is 0.342 e. The van der Waals surface area contributed by atoms with Gasteiger partial charge in [0, 0.05) is 6.54 Å². The minimum absolute atomic E-state index is 0.0528. The zero-order chi connectivity index (χ0) is 17.2. The molecule has 1 rings (SSSR count). The third-order valence-electron chi connectivity index (χ3n) is 3.00. The number of nitrogens with two attached hydrogens (primary N) is 2. The van der Waals surface area contributed by atoms with Crippen LogP contribution in [0.1, 0.15) is 23.2 Å². The van der Waals surface area contributed by atoms with Crippen molar-refractivity contribution in [2.75, 3.05) is 34.5 Å². The van der Waals surface area contributed by atoms with Crippen molar-refractivity contribution in [3.63, 3.8) is 0 Å². The van der Waals surface area contributed by atoms with Gasteiger partial charge in [0.1, 0.15) is 5.56 Å². The second-order valence-corrected chi connectivity index (χ2v) is 4.53. The summed E-state index contributed by atoms with van der Waals surface area (Å²) >= 11 is 0. The van der Waals surface area contributed by atoms with Crippen LogP contribution in [0.4, 0.5) is 0 Å². The van der Waals surface area contributed by atoms with Crippen LogP contribution in [0.15, 0.2) is 17.1 Å². The fourth-order valence-corrected chi connectivity index (χ4v) is 1.93. The number of ether oxygens (including phenoxy) is 4. The standard InChI is InChI=1S/C15H23N3O5/c1-20-11-7-6-10(12(21-2)13(11)22-3)14(19)23-9-5-4-8-18-15(16)17/h6-7H,4-5,8-9H2,1-3H3,(H4,16,17,18). The molecule has 128 valence electrons. The number of guanidine groups is 1. The van der Waals surface area contributed by atoms with Crippen LogP contribution in [0.3, 0.4) is 0 Å². The summed E-state index contributed by atoms with van der Waals surface area (Å²) in [6.45, 7) is 0.760. The fourth-order valence-electron chi connectivity index (χ4n) is 1.93. The van der Waals surface area contributed by atoms with Gasteiger partial charge in [-0.25, -0.2) is 4.79 Å². The Morgan fingerprint density at radius 3 is 2.30 bits per heavy atom. The number of carbonyl (C=O) groups is 1. The Morgan fingerprint density at radius 1 is 1.04 bits per heavy atom. The molecule has 0 saturated carbocycles. The van der Waals surface area contributed by atoms with Crippen molar-refractivity contribution in [1.82, 2.24) is 0 Å². The normalized spacial score (nSPS) is 9.87. The highest BCUT2D eigenvalue weighted by molar-refractivity contribution is 5.94. The van der Waals surface area contributed by atoms with Gasteiger partial charge in [0.05, 0.1) is 27.9 Å². The monoisotopic (exact) mass is 325 g/mol. The number of unbranched alkanes of at least 4 members (excludes halogenated alkanes) is 1. The van der Waals surface area contributed by atoms with E-state index in [9.17, 15) is 4.79 Å². The fraction of sp³-hybridized carbons (Fsp3) is 0.467. The van der Waals surface area contributed by atoms with Gasteiger partial charge in [-0.2, -0.15) is 0 Å². The van der Waals surface area contributed by atoms with E-state index in [2.05, 4.69) is 4.99 Å². The third-order valence-corrected chi connectivity index (χ3v) is 3.00.